The van der Waals surface area contributed by atoms with Gasteiger partial charge in [0.2, 0.25) is 0 Å². The second-order valence-corrected chi connectivity index (χ2v) is 5.28. The maximum absolute atomic E-state index is 11.4. The first-order chi connectivity index (χ1) is 6.81. The van der Waals surface area contributed by atoms with Crippen LogP contribution in [-0.2, 0) is 4.79 Å². The molecule has 82 valence electrons. The third-order valence-corrected chi connectivity index (χ3v) is 3.61. The van der Waals surface area contributed by atoms with Gasteiger partial charge in [0.1, 0.15) is 14.9 Å². The third-order valence-electron chi connectivity index (χ3n) is 2.36. The van der Waals surface area contributed by atoms with E-state index in [1.165, 1.54) is 38.5 Å². The molecule has 0 aliphatic rings. The average Bonchev–Trinajstić information content (AvgIpc) is 2.18. The van der Waals surface area contributed by atoms with Gasteiger partial charge in [-0.25, -0.2) is 0 Å². The fourth-order valence-electron chi connectivity index (χ4n) is 1.40. The lowest BCUT2D eigenvalue weighted by Gasteiger charge is -1.99. The van der Waals surface area contributed by atoms with E-state index in [0.717, 1.165) is 18.9 Å². The first-order valence-electron chi connectivity index (χ1n) is 6.08. The van der Waals surface area contributed by atoms with Crippen molar-refractivity contribution < 1.29 is 4.79 Å². The predicted octanol–water partition coefficient (Wildman–Crippen LogP) is 3.80. The summed E-state index contributed by atoms with van der Waals surface area (Å²) in [5, 5.41) is 0.509. The summed E-state index contributed by atoms with van der Waals surface area (Å²) in [7, 11) is 0.590. The van der Waals surface area contributed by atoms with Crippen LogP contribution in [0.4, 0.5) is 0 Å². The molecule has 0 aliphatic carbocycles. The SMILES string of the molecule is CCCCCC[Si]C(=O)CCCCC. The van der Waals surface area contributed by atoms with Crippen molar-refractivity contribution in [3.63, 3.8) is 0 Å². The zero-order valence-electron chi connectivity index (χ0n) is 9.77. The Kier molecular flexibility index (Phi) is 10.9. The van der Waals surface area contributed by atoms with Crippen LogP contribution in [0.5, 0.6) is 0 Å². The molecule has 0 rings (SSSR count). The van der Waals surface area contributed by atoms with E-state index >= 15 is 0 Å². The summed E-state index contributed by atoms with van der Waals surface area (Å²) in [6.07, 6.45) is 9.55. The largest absolute Gasteiger partial charge is 0.306 e. The van der Waals surface area contributed by atoms with E-state index in [9.17, 15) is 4.79 Å². The van der Waals surface area contributed by atoms with Gasteiger partial charge in [0.15, 0.2) is 0 Å². The highest BCUT2D eigenvalue weighted by Gasteiger charge is 2.02. The zero-order chi connectivity index (χ0) is 10.6. The van der Waals surface area contributed by atoms with Crippen molar-refractivity contribution in [1.29, 1.82) is 0 Å². The van der Waals surface area contributed by atoms with Gasteiger partial charge in [-0.3, -0.25) is 0 Å². The summed E-state index contributed by atoms with van der Waals surface area (Å²) in [5.74, 6) is 0. The Morgan fingerprint density at radius 2 is 1.57 bits per heavy atom. The highest BCUT2D eigenvalue weighted by atomic mass is 28.2. The number of rotatable bonds is 10. The lowest BCUT2D eigenvalue weighted by atomic mass is 10.2. The summed E-state index contributed by atoms with van der Waals surface area (Å²) >= 11 is 0. The molecular formula is C12H24OSi. The van der Waals surface area contributed by atoms with Crippen LogP contribution >= 0.6 is 0 Å². The van der Waals surface area contributed by atoms with Crippen LogP contribution in [0, 0.1) is 0 Å². The number of carbonyl (C=O) groups excluding carboxylic acids is 1. The van der Waals surface area contributed by atoms with Crippen LogP contribution < -0.4 is 0 Å². The molecule has 2 heteroatoms. The van der Waals surface area contributed by atoms with E-state index in [4.69, 9.17) is 0 Å². The molecule has 1 nitrogen and oxygen atoms in total. The first-order valence-corrected chi connectivity index (χ1v) is 7.28. The van der Waals surface area contributed by atoms with Crippen molar-refractivity contribution in [3.8, 4) is 0 Å². The van der Waals surface area contributed by atoms with Crippen LogP contribution in [0.15, 0.2) is 0 Å². The van der Waals surface area contributed by atoms with Gasteiger partial charge in [-0.15, -0.1) is 0 Å². The van der Waals surface area contributed by atoms with Gasteiger partial charge in [0.05, 0.1) is 0 Å². The Balaban J connectivity index is 3.10. The predicted molar refractivity (Wildman–Crippen MR) is 63.9 cm³/mol. The molecule has 14 heavy (non-hydrogen) atoms. The lowest BCUT2D eigenvalue weighted by Crippen LogP contribution is -2.07. The Bertz CT molecular complexity index is 134. The molecule has 0 unspecified atom stereocenters. The fourth-order valence-corrected chi connectivity index (χ4v) is 2.46. The molecule has 0 fully saturated rings. The van der Waals surface area contributed by atoms with Crippen molar-refractivity contribution >= 4 is 14.9 Å². The van der Waals surface area contributed by atoms with Crippen LogP contribution in [0.25, 0.3) is 0 Å². The summed E-state index contributed by atoms with van der Waals surface area (Å²) in [6.45, 7) is 4.40. The Morgan fingerprint density at radius 1 is 0.929 bits per heavy atom. The van der Waals surface area contributed by atoms with Crippen LogP contribution in [0.2, 0.25) is 6.04 Å². The average molecular weight is 212 g/mol. The minimum absolute atomic E-state index is 0.509. The maximum Gasteiger partial charge on any atom is 0.132 e. The van der Waals surface area contributed by atoms with Gasteiger partial charge < -0.3 is 4.79 Å². The van der Waals surface area contributed by atoms with E-state index in [1.807, 2.05) is 0 Å². The van der Waals surface area contributed by atoms with Crippen molar-refractivity contribution in [2.75, 3.05) is 0 Å². The standard InChI is InChI=1S/C12H24OSi/c1-3-5-7-9-11-14-12(13)10-8-6-4-2/h3-11H2,1-2H3. The van der Waals surface area contributed by atoms with E-state index in [-0.39, 0.29) is 0 Å². The van der Waals surface area contributed by atoms with Crippen molar-refractivity contribution in [2.24, 2.45) is 0 Å². The quantitative estimate of drug-likeness (QED) is 0.398. The first kappa shape index (κ1) is 13.9. The molecule has 0 aromatic carbocycles. The third kappa shape index (κ3) is 9.97. The summed E-state index contributed by atoms with van der Waals surface area (Å²) in [4.78, 5) is 11.4. The van der Waals surface area contributed by atoms with Crippen molar-refractivity contribution in [2.45, 2.75) is 71.3 Å². The highest BCUT2D eigenvalue weighted by molar-refractivity contribution is 6.73. The molecule has 0 bridgehead atoms. The maximum atomic E-state index is 11.4. The molecule has 2 radical (unpaired) electrons. The highest BCUT2D eigenvalue weighted by Crippen LogP contribution is 2.04. The topological polar surface area (TPSA) is 17.1 Å². The smallest absolute Gasteiger partial charge is 0.132 e. The van der Waals surface area contributed by atoms with Gasteiger partial charge in [-0.05, 0) is 6.42 Å². The van der Waals surface area contributed by atoms with Crippen LogP contribution in [0.1, 0.15) is 65.2 Å². The van der Waals surface area contributed by atoms with E-state index < -0.39 is 0 Å². The molecule has 0 aromatic heterocycles. The molecule has 0 aliphatic heterocycles. The Labute approximate surface area is 91.5 Å². The monoisotopic (exact) mass is 212 g/mol. The molecular weight excluding hydrogens is 188 g/mol. The number of unbranched alkanes of at least 4 members (excludes halogenated alkanes) is 5. The van der Waals surface area contributed by atoms with Crippen molar-refractivity contribution in [1.82, 2.24) is 0 Å². The van der Waals surface area contributed by atoms with Crippen LogP contribution in [0.3, 0.4) is 0 Å². The number of carbonyl (C=O) groups is 1. The minimum Gasteiger partial charge on any atom is -0.306 e. The molecule has 0 amide bonds. The summed E-state index contributed by atoms with van der Waals surface area (Å²) < 4.78 is 0. The van der Waals surface area contributed by atoms with Gasteiger partial charge in [0, 0.05) is 6.42 Å². The van der Waals surface area contributed by atoms with Gasteiger partial charge >= 0.3 is 0 Å². The summed E-state index contributed by atoms with van der Waals surface area (Å²) in [5.41, 5.74) is 0. The Morgan fingerprint density at radius 3 is 2.21 bits per heavy atom. The zero-order valence-corrected chi connectivity index (χ0v) is 10.8. The van der Waals surface area contributed by atoms with Crippen molar-refractivity contribution in [3.05, 3.63) is 0 Å². The normalized spacial score (nSPS) is 10.4. The molecule has 0 saturated carbocycles. The van der Waals surface area contributed by atoms with Crippen LogP contribution in [-0.4, -0.2) is 14.9 Å². The molecule has 0 N–H and O–H groups in total. The minimum atomic E-state index is 0.509. The molecule has 0 atom stereocenters. The molecule has 0 saturated heterocycles. The second-order valence-electron chi connectivity index (χ2n) is 3.87. The fraction of sp³-hybridized carbons (Fsp3) is 0.917. The molecule has 0 heterocycles. The summed E-state index contributed by atoms with van der Waals surface area (Å²) in [6, 6.07) is 1.14. The second kappa shape index (κ2) is 11.0. The van der Waals surface area contributed by atoms with E-state index in [2.05, 4.69) is 13.8 Å². The van der Waals surface area contributed by atoms with Gasteiger partial charge in [-0.2, -0.15) is 0 Å². The van der Waals surface area contributed by atoms with Gasteiger partial charge in [-0.1, -0.05) is 58.4 Å². The van der Waals surface area contributed by atoms with E-state index in [0.29, 0.717) is 14.9 Å². The lowest BCUT2D eigenvalue weighted by molar-refractivity contribution is -0.112. The molecule has 0 spiro atoms. The van der Waals surface area contributed by atoms with E-state index in [1.54, 1.807) is 0 Å². The Hall–Kier alpha value is -0.113. The van der Waals surface area contributed by atoms with Gasteiger partial charge in [0.25, 0.3) is 0 Å². The number of hydrogen-bond acceptors (Lipinski definition) is 1. The molecule has 0 aromatic rings. The number of hydrogen-bond donors (Lipinski definition) is 0.